The summed E-state index contributed by atoms with van der Waals surface area (Å²) in [5.41, 5.74) is 5.63. The van der Waals surface area contributed by atoms with Gasteiger partial charge in [0.25, 0.3) is 0 Å². The van der Waals surface area contributed by atoms with Gasteiger partial charge in [0, 0.05) is 12.6 Å². The van der Waals surface area contributed by atoms with Crippen molar-refractivity contribution in [2.45, 2.75) is 64.8 Å². The van der Waals surface area contributed by atoms with Crippen LogP contribution in [0.3, 0.4) is 0 Å². The van der Waals surface area contributed by atoms with E-state index in [1.807, 2.05) is 0 Å². The van der Waals surface area contributed by atoms with E-state index in [1.165, 1.54) is 41.5 Å². The molecule has 2 heteroatoms. The molecule has 2 aliphatic rings. The van der Waals surface area contributed by atoms with E-state index in [1.54, 1.807) is 0 Å². The van der Waals surface area contributed by atoms with Crippen molar-refractivity contribution in [2.75, 3.05) is 0 Å². The molecule has 3 unspecified atom stereocenters. The van der Waals surface area contributed by atoms with Crippen LogP contribution in [0, 0.1) is 20.8 Å². The largest absolute Gasteiger partial charge is 0.373 e. The van der Waals surface area contributed by atoms with Gasteiger partial charge in [-0.3, -0.25) is 0 Å². The van der Waals surface area contributed by atoms with Gasteiger partial charge in [0.2, 0.25) is 0 Å². The molecular weight excluding hydrogens is 222 g/mol. The molecule has 18 heavy (non-hydrogen) atoms. The fourth-order valence-corrected chi connectivity index (χ4v) is 3.57. The van der Waals surface area contributed by atoms with Crippen molar-refractivity contribution in [1.29, 1.82) is 0 Å². The molecule has 1 aromatic carbocycles. The minimum atomic E-state index is 0.473. The predicted octanol–water partition coefficient (Wildman–Crippen LogP) is 3.02. The molecule has 98 valence electrons. The van der Waals surface area contributed by atoms with Crippen LogP contribution in [0.15, 0.2) is 12.1 Å². The Kier molecular flexibility index (Phi) is 3.16. The molecule has 0 amide bonds. The summed E-state index contributed by atoms with van der Waals surface area (Å²) < 4.78 is 5.89. The molecule has 3 atom stereocenters. The zero-order valence-corrected chi connectivity index (χ0v) is 11.6. The third kappa shape index (κ3) is 2.19. The molecule has 3 rings (SSSR count). The van der Waals surface area contributed by atoms with Crippen LogP contribution in [0.5, 0.6) is 0 Å². The molecule has 2 heterocycles. The standard InChI is InChI=1S/C16H23NO/c1-10-6-11(2)14(12(3)7-10)9-17-15-8-13-4-5-16(15)18-13/h6-7,13,15-17H,4-5,8-9H2,1-3H3. The van der Waals surface area contributed by atoms with E-state index in [0.29, 0.717) is 18.2 Å². The SMILES string of the molecule is Cc1cc(C)c(CNC2CC3CCC2O3)c(C)c1. The normalized spacial score (nSPS) is 30.1. The molecule has 2 aliphatic heterocycles. The van der Waals surface area contributed by atoms with Gasteiger partial charge in [-0.1, -0.05) is 17.7 Å². The molecule has 1 N–H and O–H groups in total. The van der Waals surface area contributed by atoms with Gasteiger partial charge in [-0.15, -0.1) is 0 Å². The van der Waals surface area contributed by atoms with Gasteiger partial charge in [0.15, 0.2) is 0 Å². The highest BCUT2D eigenvalue weighted by atomic mass is 16.5. The minimum Gasteiger partial charge on any atom is -0.373 e. The summed E-state index contributed by atoms with van der Waals surface area (Å²) in [6.07, 6.45) is 4.72. The zero-order chi connectivity index (χ0) is 12.7. The lowest BCUT2D eigenvalue weighted by Gasteiger charge is -2.21. The first kappa shape index (κ1) is 12.2. The fourth-order valence-electron chi connectivity index (χ4n) is 3.57. The summed E-state index contributed by atoms with van der Waals surface area (Å²) in [5.74, 6) is 0. The molecule has 0 aliphatic carbocycles. The molecule has 0 aromatic heterocycles. The van der Waals surface area contributed by atoms with Crippen LogP contribution in [0.25, 0.3) is 0 Å². The Labute approximate surface area is 110 Å². The number of hydrogen-bond acceptors (Lipinski definition) is 2. The molecular formula is C16H23NO. The van der Waals surface area contributed by atoms with Gasteiger partial charge in [-0.25, -0.2) is 0 Å². The van der Waals surface area contributed by atoms with Crippen LogP contribution in [0.4, 0.5) is 0 Å². The van der Waals surface area contributed by atoms with Crippen molar-refractivity contribution in [1.82, 2.24) is 5.32 Å². The van der Waals surface area contributed by atoms with Crippen molar-refractivity contribution in [3.05, 3.63) is 34.4 Å². The van der Waals surface area contributed by atoms with Gasteiger partial charge < -0.3 is 10.1 Å². The maximum absolute atomic E-state index is 5.89. The highest BCUT2D eigenvalue weighted by Gasteiger charge is 2.40. The number of hydrogen-bond donors (Lipinski definition) is 1. The third-order valence-electron chi connectivity index (χ3n) is 4.49. The number of fused-ring (bicyclic) bond motifs is 2. The summed E-state index contributed by atoms with van der Waals surface area (Å²) in [4.78, 5) is 0. The predicted molar refractivity (Wildman–Crippen MR) is 73.8 cm³/mol. The molecule has 2 saturated heterocycles. The van der Waals surface area contributed by atoms with E-state index in [0.717, 1.165) is 6.54 Å². The minimum absolute atomic E-state index is 0.473. The van der Waals surface area contributed by atoms with Crippen LogP contribution >= 0.6 is 0 Å². The van der Waals surface area contributed by atoms with Gasteiger partial charge >= 0.3 is 0 Å². The third-order valence-corrected chi connectivity index (χ3v) is 4.49. The molecule has 0 spiro atoms. The highest BCUT2D eigenvalue weighted by molar-refractivity contribution is 5.37. The van der Waals surface area contributed by atoms with E-state index in [-0.39, 0.29) is 0 Å². The van der Waals surface area contributed by atoms with Crippen molar-refractivity contribution >= 4 is 0 Å². The second-order valence-electron chi connectivity index (χ2n) is 5.97. The lowest BCUT2D eigenvalue weighted by atomic mass is 9.94. The number of ether oxygens (including phenoxy) is 1. The lowest BCUT2D eigenvalue weighted by Crippen LogP contribution is -2.37. The quantitative estimate of drug-likeness (QED) is 0.884. The van der Waals surface area contributed by atoms with Crippen molar-refractivity contribution < 1.29 is 4.74 Å². The summed E-state index contributed by atoms with van der Waals surface area (Å²) >= 11 is 0. The zero-order valence-electron chi connectivity index (χ0n) is 11.6. The Morgan fingerprint density at radius 1 is 1.17 bits per heavy atom. The Balaban J connectivity index is 1.67. The smallest absolute Gasteiger partial charge is 0.0733 e. The van der Waals surface area contributed by atoms with E-state index in [9.17, 15) is 0 Å². The average molecular weight is 245 g/mol. The Morgan fingerprint density at radius 2 is 1.89 bits per heavy atom. The second-order valence-corrected chi connectivity index (χ2v) is 5.97. The molecule has 2 bridgehead atoms. The summed E-state index contributed by atoms with van der Waals surface area (Å²) in [7, 11) is 0. The summed E-state index contributed by atoms with van der Waals surface area (Å²) in [6.45, 7) is 7.58. The second kappa shape index (κ2) is 4.67. The highest BCUT2D eigenvalue weighted by Crippen LogP contribution is 2.34. The van der Waals surface area contributed by atoms with Gasteiger partial charge in [0.05, 0.1) is 12.2 Å². The first-order chi connectivity index (χ1) is 8.63. The molecule has 1 aromatic rings. The van der Waals surface area contributed by atoms with Crippen molar-refractivity contribution in [3.63, 3.8) is 0 Å². The topological polar surface area (TPSA) is 21.3 Å². The number of benzene rings is 1. The summed E-state index contributed by atoms with van der Waals surface area (Å²) in [6, 6.07) is 5.13. The first-order valence-electron chi connectivity index (χ1n) is 7.09. The van der Waals surface area contributed by atoms with Crippen molar-refractivity contribution in [3.8, 4) is 0 Å². The first-order valence-corrected chi connectivity index (χ1v) is 7.09. The summed E-state index contributed by atoms with van der Waals surface area (Å²) in [5, 5.41) is 3.71. The van der Waals surface area contributed by atoms with E-state index in [4.69, 9.17) is 4.74 Å². The monoisotopic (exact) mass is 245 g/mol. The molecule has 2 fully saturated rings. The maximum atomic E-state index is 5.89. The molecule has 0 radical (unpaired) electrons. The van der Waals surface area contributed by atoms with Crippen LogP contribution in [-0.2, 0) is 11.3 Å². The number of nitrogens with one attached hydrogen (secondary N) is 1. The Hall–Kier alpha value is -0.860. The number of rotatable bonds is 3. The van der Waals surface area contributed by atoms with E-state index < -0.39 is 0 Å². The molecule has 0 saturated carbocycles. The van der Waals surface area contributed by atoms with E-state index in [2.05, 4.69) is 38.2 Å². The lowest BCUT2D eigenvalue weighted by molar-refractivity contribution is 0.0972. The maximum Gasteiger partial charge on any atom is 0.0733 e. The van der Waals surface area contributed by atoms with E-state index >= 15 is 0 Å². The number of aryl methyl sites for hydroxylation is 3. The van der Waals surface area contributed by atoms with Crippen LogP contribution in [-0.4, -0.2) is 18.2 Å². The Morgan fingerprint density at radius 3 is 2.44 bits per heavy atom. The average Bonchev–Trinajstić information content (AvgIpc) is 2.89. The van der Waals surface area contributed by atoms with Gasteiger partial charge in [-0.2, -0.15) is 0 Å². The van der Waals surface area contributed by atoms with Crippen LogP contribution < -0.4 is 5.32 Å². The van der Waals surface area contributed by atoms with Gasteiger partial charge in [-0.05, 0) is 56.7 Å². The van der Waals surface area contributed by atoms with Crippen molar-refractivity contribution in [2.24, 2.45) is 0 Å². The van der Waals surface area contributed by atoms with Crippen LogP contribution in [0.1, 0.15) is 41.5 Å². The Bertz CT molecular complexity index is 431. The van der Waals surface area contributed by atoms with Gasteiger partial charge in [0.1, 0.15) is 0 Å². The fraction of sp³-hybridized carbons (Fsp3) is 0.625. The van der Waals surface area contributed by atoms with Crippen LogP contribution in [0.2, 0.25) is 0 Å². The molecule has 2 nitrogen and oxygen atoms in total.